The normalized spacial score (nSPS) is 18.2. The van der Waals surface area contributed by atoms with Crippen LogP contribution in [0, 0.1) is 0 Å². The number of hydrogen-bond donors (Lipinski definition) is 1. The van der Waals surface area contributed by atoms with Crippen molar-refractivity contribution in [2.75, 3.05) is 18.1 Å². The largest absolute Gasteiger partial charge is 0.481 e. The van der Waals surface area contributed by atoms with Gasteiger partial charge in [0, 0.05) is 23.6 Å². The van der Waals surface area contributed by atoms with Gasteiger partial charge < -0.3 is 14.7 Å². The highest BCUT2D eigenvalue weighted by atomic mass is 32.2. The minimum atomic E-state index is -0.864. The maximum absolute atomic E-state index is 12.7. The summed E-state index contributed by atoms with van der Waals surface area (Å²) in [6.45, 7) is 5.08. The fourth-order valence-corrected chi connectivity index (χ4v) is 3.53. The van der Waals surface area contributed by atoms with Crippen LogP contribution < -0.4 is 0 Å². The number of benzene rings is 1. The van der Waals surface area contributed by atoms with Gasteiger partial charge in [-0.3, -0.25) is 9.59 Å². The lowest BCUT2D eigenvalue weighted by Crippen LogP contribution is -2.47. The number of carbonyl (C=O) groups is 2. The molecule has 0 saturated carbocycles. The van der Waals surface area contributed by atoms with Crippen LogP contribution in [0.5, 0.6) is 0 Å². The van der Waals surface area contributed by atoms with E-state index in [2.05, 4.69) is 0 Å². The minimum Gasteiger partial charge on any atom is -0.481 e. The van der Waals surface area contributed by atoms with Gasteiger partial charge in [0.2, 0.25) is 0 Å². The van der Waals surface area contributed by atoms with Crippen LogP contribution in [0.2, 0.25) is 0 Å². The van der Waals surface area contributed by atoms with Crippen molar-refractivity contribution in [3.05, 3.63) is 35.4 Å². The van der Waals surface area contributed by atoms with Crippen LogP contribution in [0.3, 0.4) is 0 Å². The third-order valence-corrected chi connectivity index (χ3v) is 4.77. The molecule has 1 heterocycles. The first kappa shape index (κ1) is 17.8. The molecule has 1 unspecified atom stereocenters. The lowest BCUT2D eigenvalue weighted by molar-refractivity contribution is -0.138. The molecule has 1 aromatic carbocycles. The molecular formula is C17H23NO4S. The van der Waals surface area contributed by atoms with Gasteiger partial charge in [-0.1, -0.05) is 12.1 Å². The number of carbonyl (C=O) groups excluding carboxylic acids is 1. The van der Waals surface area contributed by atoms with Gasteiger partial charge >= 0.3 is 5.97 Å². The summed E-state index contributed by atoms with van der Waals surface area (Å²) in [5.41, 5.74) is 1.62. The van der Waals surface area contributed by atoms with Gasteiger partial charge in [-0.05, 0) is 31.5 Å². The summed E-state index contributed by atoms with van der Waals surface area (Å²) >= 11 is 1.70. The van der Waals surface area contributed by atoms with Crippen LogP contribution in [0.25, 0.3) is 0 Å². The van der Waals surface area contributed by atoms with Gasteiger partial charge in [-0.25, -0.2) is 0 Å². The maximum atomic E-state index is 12.7. The van der Waals surface area contributed by atoms with E-state index < -0.39 is 5.97 Å². The van der Waals surface area contributed by atoms with E-state index in [9.17, 15) is 9.59 Å². The Kier molecular flexibility index (Phi) is 6.47. The van der Waals surface area contributed by atoms with Crippen LogP contribution in [0.1, 0.15) is 36.2 Å². The number of carboxylic acid groups (broad SMARTS) is 1. The summed E-state index contributed by atoms with van der Waals surface area (Å²) in [6, 6.07) is 7.13. The Labute approximate surface area is 141 Å². The van der Waals surface area contributed by atoms with Crippen molar-refractivity contribution >= 4 is 23.6 Å². The summed E-state index contributed by atoms with van der Waals surface area (Å²) < 4.78 is 5.54. The fourth-order valence-electron chi connectivity index (χ4n) is 2.47. The average Bonchev–Trinajstić information content (AvgIpc) is 2.53. The van der Waals surface area contributed by atoms with E-state index in [0.717, 1.165) is 11.3 Å². The smallest absolute Gasteiger partial charge is 0.305 e. The molecule has 1 aliphatic heterocycles. The van der Waals surface area contributed by atoms with Crippen molar-refractivity contribution in [1.82, 2.24) is 4.90 Å². The number of hydrogen-bond acceptors (Lipinski definition) is 4. The predicted molar refractivity (Wildman–Crippen MR) is 90.8 cm³/mol. The van der Waals surface area contributed by atoms with Crippen LogP contribution in [-0.2, 0) is 16.1 Å². The van der Waals surface area contributed by atoms with Gasteiger partial charge in [-0.2, -0.15) is 11.8 Å². The summed E-state index contributed by atoms with van der Waals surface area (Å²) in [4.78, 5) is 25.3. The third-order valence-electron chi connectivity index (χ3n) is 3.68. The molecule has 1 fully saturated rings. The molecule has 1 aliphatic rings. The molecule has 1 aromatic rings. The Morgan fingerprint density at radius 3 is 2.65 bits per heavy atom. The Morgan fingerprint density at radius 1 is 1.35 bits per heavy atom. The van der Waals surface area contributed by atoms with E-state index in [1.807, 2.05) is 26.0 Å². The van der Waals surface area contributed by atoms with Crippen molar-refractivity contribution in [3.8, 4) is 0 Å². The number of amides is 1. The van der Waals surface area contributed by atoms with Crippen molar-refractivity contribution in [2.45, 2.75) is 39.0 Å². The minimum absolute atomic E-state index is 0.000940. The molecule has 2 rings (SSSR count). The number of ether oxygens (including phenoxy) is 1. The maximum Gasteiger partial charge on any atom is 0.305 e. The van der Waals surface area contributed by atoms with E-state index in [0.29, 0.717) is 24.5 Å². The summed E-state index contributed by atoms with van der Waals surface area (Å²) in [7, 11) is 0. The Bertz CT molecular complexity index is 544. The van der Waals surface area contributed by atoms with Crippen LogP contribution in [-0.4, -0.2) is 52.1 Å². The lowest BCUT2D eigenvalue weighted by Gasteiger charge is -2.34. The Hall–Kier alpha value is -1.53. The Morgan fingerprint density at radius 2 is 2.04 bits per heavy atom. The SMILES string of the molecule is CC(C)OCc1ccc(C(=O)N2CCSCC2CC(=O)O)cc1. The zero-order valence-corrected chi connectivity index (χ0v) is 14.3. The topological polar surface area (TPSA) is 66.8 Å². The molecule has 1 N–H and O–H groups in total. The number of aliphatic carboxylic acids is 1. The van der Waals surface area contributed by atoms with Crippen molar-refractivity contribution < 1.29 is 19.4 Å². The van der Waals surface area contributed by atoms with E-state index >= 15 is 0 Å². The van der Waals surface area contributed by atoms with Crippen LogP contribution in [0.4, 0.5) is 0 Å². The molecule has 1 atom stereocenters. The van der Waals surface area contributed by atoms with Crippen LogP contribution in [0.15, 0.2) is 24.3 Å². The third kappa shape index (κ3) is 5.25. The zero-order valence-electron chi connectivity index (χ0n) is 13.5. The molecule has 1 saturated heterocycles. The Balaban J connectivity index is 2.04. The number of rotatable bonds is 6. The highest BCUT2D eigenvalue weighted by Gasteiger charge is 2.29. The van der Waals surface area contributed by atoms with Gasteiger partial charge in [-0.15, -0.1) is 0 Å². The standard InChI is InChI=1S/C17H23NO4S/c1-12(2)22-10-13-3-5-14(6-4-13)17(21)18-7-8-23-11-15(18)9-16(19)20/h3-6,12,15H,7-11H2,1-2H3,(H,19,20). The van der Waals surface area contributed by atoms with E-state index in [4.69, 9.17) is 9.84 Å². The molecule has 1 amide bonds. The quantitative estimate of drug-likeness (QED) is 0.864. The second-order valence-electron chi connectivity index (χ2n) is 5.88. The average molecular weight is 337 g/mol. The second kappa shape index (κ2) is 8.36. The summed E-state index contributed by atoms with van der Waals surface area (Å²) in [5, 5.41) is 9.01. The number of nitrogens with zero attached hydrogens (tertiary/aromatic N) is 1. The first-order valence-electron chi connectivity index (χ1n) is 7.78. The summed E-state index contributed by atoms with van der Waals surface area (Å²) in [5.74, 6) is 0.574. The molecule has 23 heavy (non-hydrogen) atoms. The molecule has 0 radical (unpaired) electrons. The molecule has 126 valence electrons. The first-order valence-corrected chi connectivity index (χ1v) is 8.94. The van der Waals surface area contributed by atoms with Gasteiger partial charge in [0.1, 0.15) is 0 Å². The highest BCUT2D eigenvalue weighted by molar-refractivity contribution is 7.99. The van der Waals surface area contributed by atoms with Gasteiger partial charge in [0.15, 0.2) is 0 Å². The van der Waals surface area contributed by atoms with Gasteiger partial charge in [0.05, 0.1) is 25.2 Å². The number of thioether (sulfide) groups is 1. The fraction of sp³-hybridized carbons (Fsp3) is 0.529. The molecule has 6 heteroatoms. The molecule has 5 nitrogen and oxygen atoms in total. The van der Waals surface area contributed by atoms with E-state index in [1.165, 1.54) is 0 Å². The van der Waals surface area contributed by atoms with Gasteiger partial charge in [0.25, 0.3) is 5.91 Å². The molecule has 0 spiro atoms. The van der Waals surface area contributed by atoms with Crippen molar-refractivity contribution in [2.24, 2.45) is 0 Å². The zero-order chi connectivity index (χ0) is 16.8. The molecule has 0 aromatic heterocycles. The van der Waals surface area contributed by atoms with E-state index in [1.54, 1.807) is 28.8 Å². The predicted octanol–water partition coefficient (Wildman–Crippen LogP) is 2.64. The van der Waals surface area contributed by atoms with E-state index in [-0.39, 0.29) is 24.5 Å². The molecule has 0 aliphatic carbocycles. The second-order valence-corrected chi connectivity index (χ2v) is 7.03. The monoisotopic (exact) mass is 337 g/mol. The van der Waals surface area contributed by atoms with Crippen molar-refractivity contribution in [3.63, 3.8) is 0 Å². The first-order chi connectivity index (χ1) is 11.0. The summed E-state index contributed by atoms with van der Waals surface area (Å²) in [6.07, 6.45) is 0.165. The number of carboxylic acids is 1. The molecular weight excluding hydrogens is 314 g/mol. The van der Waals surface area contributed by atoms with Crippen LogP contribution >= 0.6 is 11.8 Å². The molecule has 0 bridgehead atoms. The highest BCUT2D eigenvalue weighted by Crippen LogP contribution is 2.21. The van der Waals surface area contributed by atoms with Crippen molar-refractivity contribution in [1.29, 1.82) is 0 Å². The lowest BCUT2D eigenvalue weighted by atomic mass is 10.1.